The van der Waals surface area contributed by atoms with Crippen molar-refractivity contribution in [2.24, 2.45) is 5.92 Å². The Balaban J connectivity index is 1.46. The number of carbonyl (C=O) groups excluding carboxylic acids is 2. The number of anilines is 1. The lowest BCUT2D eigenvalue weighted by Gasteiger charge is -2.34. The number of carbonyl (C=O) groups is 2. The fourth-order valence-electron chi connectivity index (χ4n) is 2.70. The van der Waals surface area contributed by atoms with Gasteiger partial charge in [-0.25, -0.2) is 0 Å². The van der Waals surface area contributed by atoms with Crippen molar-refractivity contribution < 1.29 is 9.59 Å². The van der Waals surface area contributed by atoms with Gasteiger partial charge in [0.15, 0.2) is 0 Å². The van der Waals surface area contributed by atoms with E-state index in [0.29, 0.717) is 35.4 Å². The summed E-state index contributed by atoms with van der Waals surface area (Å²) in [6.07, 6.45) is 2.06. The van der Waals surface area contributed by atoms with Crippen molar-refractivity contribution in [1.82, 2.24) is 9.80 Å². The van der Waals surface area contributed by atoms with Crippen LogP contribution in [0.1, 0.15) is 12.8 Å². The second-order valence-electron chi connectivity index (χ2n) is 6.05. The van der Waals surface area contributed by atoms with Gasteiger partial charge in [-0.15, -0.1) is 0 Å². The van der Waals surface area contributed by atoms with Crippen LogP contribution in [0.4, 0.5) is 5.69 Å². The van der Waals surface area contributed by atoms with Crippen LogP contribution < -0.4 is 5.32 Å². The van der Waals surface area contributed by atoms with E-state index in [4.69, 9.17) is 23.2 Å². The van der Waals surface area contributed by atoms with E-state index in [1.54, 1.807) is 18.2 Å². The number of nitrogens with zero attached hydrogens (tertiary/aromatic N) is 2. The Kier molecular flexibility index (Phi) is 5.09. The molecule has 124 valence electrons. The van der Waals surface area contributed by atoms with Gasteiger partial charge in [0.2, 0.25) is 11.8 Å². The van der Waals surface area contributed by atoms with E-state index in [1.165, 1.54) is 0 Å². The third kappa shape index (κ3) is 4.37. The van der Waals surface area contributed by atoms with Crippen LogP contribution in [0.25, 0.3) is 0 Å². The third-order valence-electron chi connectivity index (χ3n) is 4.18. The average molecular weight is 356 g/mol. The fraction of sp³-hybridized carbons (Fsp3) is 0.500. The molecular weight excluding hydrogens is 337 g/mol. The monoisotopic (exact) mass is 355 g/mol. The van der Waals surface area contributed by atoms with Crippen LogP contribution >= 0.6 is 23.2 Å². The molecule has 1 aliphatic carbocycles. The Labute approximate surface area is 145 Å². The van der Waals surface area contributed by atoms with Crippen LogP contribution in [0.2, 0.25) is 10.0 Å². The molecule has 0 bridgehead atoms. The number of amides is 2. The quantitative estimate of drug-likeness (QED) is 0.902. The summed E-state index contributed by atoms with van der Waals surface area (Å²) < 4.78 is 0. The Morgan fingerprint density at radius 2 is 1.83 bits per heavy atom. The van der Waals surface area contributed by atoms with Crippen molar-refractivity contribution in [1.29, 1.82) is 0 Å². The van der Waals surface area contributed by atoms with Crippen molar-refractivity contribution >= 4 is 40.7 Å². The van der Waals surface area contributed by atoms with Gasteiger partial charge in [0.25, 0.3) is 0 Å². The maximum atomic E-state index is 12.1. The van der Waals surface area contributed by atoms with Crippen LogP contribution in [0.5, 0.6) is 0 Å². The Hall–Kier alpha value is -1.30. The zero-order valence-electron chi connectivity index (χ0n) is 12.7. The van der Waals surface area contributed by atoms with Crippen LogP contribution in [0.3, 0.4) is 0 Å². The standard InChI is InChI=1S/C16H19Cl2N3O2/c17-12-3-4-14(13(18)9-12)19-15(22)10-20-5-7-21(8-6-20)16(23)11-1-2-11/h3-4,9,11H,1-2,5-8,10H2,(H,19,22). The van der Waals surface area contributed by atoms with Gasteiger partial charge in [0, 0.05) is 37.1 Å². The summed E-state index contributed by atoms with van der Waals surface area (Å²) in [5.41, 5.74) is 0.559. The van der Waals surface area contributed by atoms with E-state index in [-0.39, 0.29) is 17.7 Å². The van der Waals surface area contributed by atoms with Gasteiger partial charge in [-0.1, -0.05) is 23.2 Å². The highest BCUT2D eigenvalue weighted by molar-refractivity contribution is 6.36. The molecule has 2 amide bonds. The zero-order chi connectivity index (χ0) is 16.4. The molecule has 0 spiro atoms. The highest BCUT2D eigenvalue weighted by Gasteiger charge is 2.34. The molecule has 1 saturated heterocycles. The lowest BCUT2D eigenvalue weighted by Crippen LogP contribution is -2.50. The molecule has 3 rings (SSSR count). The molecule has 1 aliphatic heterocycles. The normalized spacial score (nSPS) is 18.8. The van der Waals surface area contributed by atoms with Crippen LogP contribution in [0, 0.1) is 5.92 Å². The van der Waals surface area contributed by atoms with Gasteiger partial charge in [-0.3, -0.25) is 14.5 Å². The SMILES string of the molecule is O=C(CN1CCN(C(=O)C2CC2)CC1)Nc1ccc(Cl)cc1Cl. The summed E-state index contributed by atoms with van der Waals surface area (Å²) in [4.78, 5) is 28.1. The average Bonchev–Trinajstić information content (AvgIpc) is 3.35. The Bertz CT molecular complexity index is 611. The molecule has 1 heterocycles. The molecule has 1 saturated carbocycles. The number of rotatable bonds is 4. The van der Waals surface area contributed by atoms with Crippen molar-refractivity contribution in [3.63, 3.8) is 0 Å². The first-order valence-corrected chi connectivity index (χ1v) is 8.54. The summed E-state index contributed by atoms with van der Waals surface area (Å²) in [5, 5.41) is 3.75. The molecule has 0 aromatic heterocycles. The third-order valence-corrected chi connectivity index (χ3v) is 4.73. The van der Waals surface area contributed by atoms with E-state index in [0.717, 1.165) is 25.9 Å². The lowest BCUT2D eigenvalue weighted by molar-refractivity contribution is -0.134. The van der Waals surface area contributed by atoms with Crippen molar-refractivity contribution in [3.8, 4) is 0 Å². The van der Waals surface area contributed by atoms with Crippen LogP contribution in [-0.4, -0.2) is 54.3 Å². The fourth-order valence-corrected chi connectivity index (χ4v) is 3.15. The molecule has 2 aliphatic rings. The van der Waals surface area contributed by atoms with Gasteiger partial charge < -0.3 is 10.2 Å². The first kappa shape index (κ1) is 16.6. The van der Waals surface area contributed by atoms with Crippen molar-refractivity contribution in [2.75, 3.05) is 38.0 Å². The largest absolute Gasteiger partial charge is 0.340 e. The minimum Gasteiger partial charge on any atom is -0.340 e. The highest BCUT2D eigenvalue weighted by atomic mass is 35.5. The van der Waals surface area contributed by atoms with Gasteiger partial charge in [-0.2, -0.15) is 0 Å². The first-order chi connectivity index (χ1) is 11.0. The van der Waals surface area contributed by atoms with E-state index >= 15 is 0 Å². The molecule has 7 heteroatoms. The minimum atomic E-state index is -0.115. The summed E-state index contributed by atoms with van der Waals surface area (Å²) in [6.45, 7) is 3.14. The minimum absolute atomic E-state index is 0.115. The highest BCUT2D eigenvalue weighted by Crippen LogP contribution is 2.31. The summed E-state index contributed by atoms with van der Waals surface area (Å²) >= 11 is 11.9. The molecule has 1 N–H and O–H groups in total. The smallest absolute Gasteiger partial charge is 0.238 e. The van der Waals surface area contributed by atoms with Crippen molar-refractivity contribution in [2.45, 2.75) is 12.8 Å². The molecule has 0 atom stereocenters. The molecule has 2 fully saturated rings. The second-order valence-corrected chi connectivity index (χ2v) is 6.89. The number of benzene rings is 1. The molecule has 1 aromatic rings. The van der Waals surface area contributed by atoms with Crippen LogP contribution in [-0.2, 0) is 9.59 Å². The van der Waals surface area contributed by atoms with E-state index in [2.05, 4.69) is 10.2 Å². The van der Waals surface area contributed by atoms with Crippen molar-refractivity contribution in [3.05, 3.63) is 28.2 Å². The molecule has 0 radical (unpaired) electrons. The second kappa shape index (κ2) is 7.07. The predicted octanol–water partition coefficient (Wildman–Crippen LogP) is 2.49. The maximum absolute atomic E-state index is 12.1. The zero-order valence-corrected chi connectivity index (χ0v) is 14.2. The number of halogens is 2. The maximum Gasteiger partial charge on any atom is 0.238 e. The molecule has 0 unspecified atom stereocenters. The Morgan fingerprint density at radius 1 is 1.13 bits per heavy atom. The van der Waals surface area contributed by atoms with Gasteiger partial charge in [0.05, 0.1) is 17.3 Å². The van der Waals surface area contributed by atoms with Gasteiger partial charge in [0.1, 0.15) is 0 Å². The lowest BCUT2D eigenvalue weighted by atomic mass is 10.2. The first-order valence-electron chi connectivity index (χ1n) is 7.79. The topological polar surface area (TPSA) is 52.7 Å². The molecular formula is C16H19Cl2N3O2. The van der Waals surface area contributed by atoms with E-state index in [9.17, 15) is 9.59 Å². The van der Waals surface area contributed by atoms with Gasteiger partial charge >= 0.3 is 0 Å². The predicted molar refractivity (Wildman–Crippen MR) is 90.8 cm³/mol. The molecule has 23 heavy (non-hydrogen) atoms. The number of hydrogen-bond donors (Lipinski definition) is 1. The molecule has 5 nitrogen and oxygen atoms in total. The summed E-state index contributed by atoms with van der Waals surface area (Å²) in [7, 11) is 0. The summed E-state index contributed by atoms with van der Waals surface area (Å²) in [6, 6.07) is 4.97. The Morgan fingerprint density at radius 3 is 2.43 bits per heavy atom. The van der Waals surface area contributed by atoms with Crippen LogP contribution in [0.15, 0.2) is 18.2 Å². The van der Waals surface area contributed by atoms with E-state index in [1.807, 2.05) is 4.90 Å². The van der Waals surface area contributed by atoms with Gasteiger partial charge in [-0.05, 0) is 31.0 Å². The number of nitrogens with one attached hydrogen (secondary N) is 1. The number of hydrogen-bond acceptors (Lipinski definition) is 3. The van der Waals surface area contributed by atoms with E-state index < -0.39 is 0 Å². The molecule has 1 aromatic carbocycles. The number of piperazine rings is 1. The summed E-state index contributed by atoms with van der Waals surface area (Å²) in [5.74, 6) is 0.426.